The van der Waals surface area contributed by atoms with Gasteiger partial charge >= 0.3 is 4.87 Å². The number of aromatic amines is 1. The minimum atomic E-state index is -0.183. The van der Waals surface area contributed by atoms with E-state index >= 15 is 0 Å². The first-order valence-electron chi connectivity index (χ1n) is 4.95. The average Bonchev–Trinajstić information content (AvgIpc) is 2.94. The molecule has 0 saturated heterocycles. The molecule has 4 nitrogen and oxygen atoms in total. The molecule has 0 aliphatic rings. The van der Waals surface area contributed by atoms with E-state index in [-0.39, 0.29) is 10.7 Å². The molecule has 17 heavy (non-hydrogen) atoms. The van der Waals surface area contributed by atoms with Crippen molar-refractivity contribution in [3.63, 3.8) is 0 Å². The van der Waals surface area contributed by atoms with E-state index in [0.717, 1.165) is 21.6 Å². The highest BCUT2D eigenvalue weighted by atomic mass is 32.1. The molecule has 3 rings (SSSR count). The smallest absolute Gasteiger partial charge is 0.305 e. The normalized spacial score (nSPS) is 10.8. The fraction of sp³-hybridized carbons (Fsp3) is 0. The first-order chi connectivity index (χ1) is 8.24. The standard InChI is InChI=1S/C12H7NO3S/c14-11(9-2-1-5-16-9)7-3-4-8-10(6-7)17-12(15)13-8/h1-6H,(H,13,15). The van der Waals surface area contributed by atoms with Gasteiger partial charge in [0.1, 0.15) is 0 Å². The number of hydrogen-bond acceptors (Lipinski definition) is 4. The lowest BCUT2D eigenvalue weighted by molar-refractivity contribution is 0.101. The van der Waals surface area contributed by atoms with E-state index in [1.807, 2.05) is 0 Å². The van der Waals surface area contributed by atoms with E-state index in [9.17, 15) is 9.59 Å². The molecule has 0 saturated carbocycles. The van der Waals surface area contributed by atoms with Crippen LogP contribution in [-0.4, -0.2) is 10.8 Å². The molecule has 5 heteroatoms. The zero-order valence-corrected chi connectivity index (χ0v) is 9.41. The molecule has 2 aromatic heterocycles. The Morgan fingerprint density at radius 1 is 1.29 bits per heavy atom. The number of benzene rings is 1. The van der Waals surface area contributed by atoms with Crippen molar-refractivity contribution in [2.75, 3.05) is 0 Å². The molecule has 0 aliphatic carbocycles. The number of carbonyl (C=O) groups is 1. The summed E-state index contributed by atoms with van der Waals surface area (Å²) < 4.78 is 5.82. The zero-order chi connectivity index (χ0) is 11.8. The van der Waals surface area contributed by atoms with E-state index in [0.29, 0.717) is 11.3 Å². The quantitative estimate of drug-likeness (QED) is 0.705. The molecule has 0 amide bonds. The van der Waals surface area contributed by atoms with Crippen LogP contribution in [0.25, 0.3) is 10.2 Å². The zero-order valence-electron chi connectivity index (χ0n) is 8.60. The second-order valence-electron chi connectivity index (χ2n) is 3.53. The molecule has 2 heterocycles. The third-order valence-corrected chi connectivity index (χ3v) is 3.27. The van der Waals surface area contributed by atoms with Gasteiger partial charge in [0.2, 0.25) is 5.78 Å². The number of rotatable bonds is 2. The van der Waals surface area contributed by atoms with Crippen LogP contribution in [0.5, 0.6) is 0 Å². The summed E-state index contributed by atoms with van der Waals surface area (Å²) >= 11 is 1.09. The molecule has 1 N–H and O–H groups in total. The number of carbonyl (C=O) groups excluding carboxylic acids is 1. The van der Waals surface area contributed by atoms with Crippen molar-refractivity contribution in [3.8, 4) is 0 Å². The van der Waals surface area contributed by atoms with E-state index in [2.05, 4.69) is 4.98 Å². The monoisotopic (exact) mass is 245 g/mol. The van der Waals surface area contributed by atoms with Crippen LogP contribution >= 0.6 is 11.3 Å². The lowest BCUT2D eigenvalue weighted by atomic mass is 10.1. The van der Waals surface area contributed by atoms with Crippen molar-refractivity contribution < 1.29 is 9.21 Å². The van der Waals surface area contributed by atoms with Crippen LogP contribution in [-0.2, 0) is 0 Å². The number of thiazole rings is 1. The van der Waals surface area contributed by atoms with Crippen molar-refractivity contribution in [3.05, 3.63) is 57.6 Å². The summed E-state index contributed by atoms with van der Waals surface area (Å²) in [6.45, 7) is 0. The van der Waals surface area contributed by atoms with Crippen LogP contribution in [0.3, 0.4) is 0 Å². The van der Waals surface area contributed by atoms with Crippen LogP contribution in [0.1, 0.15) is 16.1 Å². The molecule has 0 spiro atoms. The van der Waals surface area contributed by atoms with Crippen LogP contribution in [0.15, 0.2) is 45.8 Å². The van der Waals surface area contributed by atoms with E-state index < -0.39 is 0 Å². The minimum absolute atomic E-state index is 0.123. The predicted molar refractivity (Wildman–Crippen MR) is 64.6 cm³/mol. The van der Waals surface area contributed by atoms with Gasteiger partial charge < -0.3 is 9.40 Å². The Balaban J connectivity index is 2.12. The summed E-state index contributed by atoms with van der Waals surface area (Å²) in [4.78, 5) is 25.7. The van der Waals surface area contributed by atoms with Gasteiger partial charge in [-0.15, -0.1) is 0 Å². The first kappa shape index (κ1) is 10.0. The van der Waals surface area contributed by atoms with Gasteiger partial charge in [-0.05, 0) is 30.3 Å². The van der Waals surface area contributed by atoms with Crippen LogP contribution in [0, 0.1) is 0 Å². The third-order valence-electron chi connectivity index (χ3n) is 2.43. The molecule has 84 valence electrons. The molecular weight excluding hydrogens is 238 g/mol. The Labute approximate surface area is 99.5 Å². The highest BCUT2D eigenvalue weighted by Crippen LogP contribution is 2.18. The summed E-state index contributed by atoms with van der Waals surface area (Å²) in [7, 11) is 0. The Morgan fingerprint density at radius 2 is 2.18 bits per heavy atom. The van der Waals surface area contributed by atoms with Gasteiger partial charge in [0.05, 0.1) is 16.5 Å². The molecular formula is C12H7NO3S. The number of aromatic nitrogens is 1. The summed E-state index contributed by atoms with van der Waals surface area (Å²) in [5.74, 6) is 0.116. The topological polar surface area (TPSA) is 63.1 Å². The lowest BCUT2D eigenvalue weighted by Crippen LogP contribution is -1.98. The maximum atomic E-state index is 12.0. The largest absolute Gasteiger partial charge is 0.461 e. The van der Waals surface area contributed by atoms with Crippen molar-refractivity contribution in [1.29, 1.82) is 0 Å². The van der Waals surface area contributed by atoms with Gasteiger partial charge in [-0.1, -0.05) is 11.3 Å². The van der Waals surface area contributed by atoms with Crippen molar-refractivity contribution in [2.24, 2.45) is 0 Å². The fourth-order valence-electron chi connectivity index (χ4n) is 1.64. The van der Waals surface area contributed by atoms with Gasteiger partial charge in [0, 0.05) is 5.56 Å². The SMILES string of the molecule is O=C(c1ccc2[nH]c(=O)sc2c1)c1ccco1. The predicted octanol–water partition coefficient (Wildman–Crippen LogP) is 2.41. The highest BCUT2D eigenvalue weighted by Gasteiger charge is 2.12. The van der Waals surface area contributed by atoms with Gasteiger partial charge in [-0.2, -0.15) is 0 Å². The van der Waals surface area contributed by atoms with Crippen LogP contribution < -0.4 is 4.87 Å². The van der Waals surface area contributed by atoms with Crippen LogP contribution in [0.4, 0.5) is 0 Å². The van der Waals surface area contributed by atoms with Gasteiger partial charge in [0.25, 0.3) is 0 Å². The number of ketones is 1. The number of hydrogen-bond donors (Lipinski definition) is 1. The third kappa shape index (κ3) is 1.70. The Morgan fingerprint density at radius 3 is 2.94 bits per heavy atom. The Hall–Kier alpha value is -2.14. The second-order valence-corrected chi connectivity index (χ2v) is 4.55. The lowest BCUT2D eigenvalue weighted by Gasteiger charge is -1.97. The van der Waals surface area contributed by atoms with Gasteiger partial charge in [-0.25, -0.2) is 0 Å². The van der Waals surface area contributed by atoms with Crippen molar-refractivity contribution in [2.45, 2.75) is 0 Å². The van der Waals surface area contributed by atoms with E-state index in [4.69, 9.17) is 4.42 Å². The maximum Gasteiger partial charge on any atom is 0.305 e. The second kappa shape index (κ2) is 3.71. The van der Waals surface area contributed by atoms with E-state index in [1.165, 1.54) is 6.26 Å². The molecule has 0 radical (unpaired) electrons. The van der Waals surface area contributed by atoms with E-state index in [1.54, 1.807) is 30.3 Å². The Kier molecular flexibility index (Phi) is 2.19. The molecule has 1 aromatic carbocycles. The molecule has 3 aromatic rings. The first-order valence-corrected chi connectivity index (χ1v) is 5.77. The number of H-pyrrole nitrogens is 1. The fourth-order valence-corrected chi connectivity index (χ4v) is 2.41. The van der Waals surface area contributed by atoms with Crippen LogP contribution in [0.2, 0.25) is 0 Å². The molecule has 0 atom stereocenters. The molecule has 0 fully saturated rings. The Bertz CT molecular complexity index is 737. The molecule has 0 bridgehead atoms. The minimum Gasteiger partial charge on any atom is -0.461 e. The van der Waals surface area contributed by atoms with Gasteiger partial charge in [-0.3, -0.25) is 9.59 Å². The summed E-state index contributed by atoms with van der Waals surface area (Å²) in [6, 6.07) is 8.38. The maximum absolute atomic E-state index is 12.0. The number of furan rings is 1. The summed E-state index contributed by atoms with van der Waals surface area (Å²) in [5, 5.41) is 0. The molecule has 0 unspecified atom stereocenters. The summed E-state index contributed by atoms with van der Waals surface area (Å²) in [6.07, 6.45) is 1.46. The van der Waals surface area contributed by atoms with Gasteiger partial charge in [0.15, 0.2) is 5.76 Å². The number of nitrogens with one attached hydrogen (secondary N) is 1. The average molecular weight is 245 g/mol. The van der Waals surface area contributed by atoms with Crippen molar-refractivity contribution >= 4 is 27.3 Å². The molecule has 0 aliphatic heterocycles. The summed E-state index contributed by atoms with van der Waals surface area (Å²) in [5.41, 5.74) is 1.26. The highest BCUT2D eigenvalue weighted by molar-refractivity contribution is 7.16. The number of fused-ring (bicyclic) bond motifs is 1. The van der Waals surface area contributed by atoms with Crippen molar-refractivity contribution in [1.82, 2.24) is 4.98 Å².